The van der Waals surface area contributed by atoms with E-state index in [0.29, 0.717) is 13.2 Å². The molecule has 5 heteroatoms. The molecule has 0 spiro atoms. The second kappa shape index (κ2) is 7.45. The predicted molar refractivity (Wildman–Crippen MR) is 89.5 cm³/mol. The van der Waals surface area contributed by atoms with Gasteiger partial charge in [-0.15, -0.1) is 0 Å². The number of rotatable bonds is 4. The van der Waals surface area contributed by atoms with Crippen LogP contribution in [0.25, 0.3) is 0 Å². The molecule has 2 heterocycles. The summed E-state index contributed by atoms with van der Waals surface area (Å²) in [7, 11) is 0. The van der Waals surface area contributed by atoms with E-state index in [-0.39, 0.29) is 12.2 Å². The molecule has 0 bridgehead atoms. The zero-order chi connectivity index (χ0) is 17.1. The van der Waals surface area contributed by atoms with Crippen molar-refractivity contribution in [1.82, 2.24) is 0 Å². The fourth-order valence-electron chi connectivity index (χ4n) is 3.09. The molecular formula is C20H20O5. The van der Waals surface area contributed by atoms with Crippen LogP contribution in [0.4, 0.5) is 0 Å². The third kappa shape index (κ3) is 3.80. The normalized spacial score (nSPS) is 29.2. The smallest absolute Gasteiger partial charge is 0.184 e. The number of hydrogen-bond acceptors (Lipinski definition) is 5. The molecule has 4 rings (SSSR count). The van der Waals surface area contributed by atoms with E-state index in [1.54, 1.807) is 0 Å². The van der Waals surface area contributed by atoms with Crippen molar-refractivity contribution < 1.29 is 23.7 Å². The third-order valence-corrected chi connectivity index (χ3v) is 4.38. The topological polar surface area (TPSA) is 54.0 Å². The molecular weight excluding hydrogens is 320 g/mol. The molecule has 2 saturated heterocycles. The highest BCUT2D eigenvalue weighted by molar-refractivity contribution is 5.84. The first-order chi connectivity index (χ1) is 12.3. The van der Waals surface area contributed by atoms with E-state index in [4.69, 9.17) is 18.9 Å². The summed E-state index contributed by atoms with van der Waals surface area (Å²) in [5.74, 6) is -0.00135. The van der Waals surface area contributed by atoms with Crippen LogP contribution in [0.2, 0.25) is 0 Å². The summed E-state index contributed by atoms with van der Waals surface area (Å²) < 4.78 is 23.2. The molecule has 0 amide bonds. The molecule has 5 nitrogen and oxygen atoms in total. The molecule has 130 valence electrons. The molecule has 0 saturated carbocycles. The maximum Gasteiger partial charge on any atom is 0.184 e. The number of carbonyl (C=O) groups is 1. The number of fused-ring (bicyclic) bond motifs is 1. The summed E-state index contributed by atoms with van der Waals surface area (Å²) in [6.45, 7) is 0.714. The van der Waals surface area contributed by atoms with Crippen LogP contribution in [0, 0.1) is 0 Å². The molecule has 0 aromatic heterocycles. The third-order valence-electron chi connectivity index (χ3n) is 4.38. The summed E-state index contributed by atoms with van der Waals surface area (Å²) in [5.41, 5.74) is 1.94. The van der Waals surface area contributed by atoms with Crippen LogP contribution in [-0.4, -0.2) is 30.9 Å². The summed E-state index contributed by atoms with van der Waals surface area (Å²) in [5, 5.41) is 0. The average molecular weight is 340 g/mol. The zero-order valence-electron chi connectivity index (χ0n) is 13.7. The van der Waals surface area contributed by atoms with Crippen molar-refractivity contribution in [3.05, 3.63) is 71.8 Å². The van der Waals surface area contributed by atoms with Gasteiger partial charge in [0.05, 0.1) is 19.6 Å². The lowest BCUT2D eigenvalue weighted by Crippen LogP contribution is -2.53. The van der Waals surface area contributed by atoms with Crippen molar-refractivity contribution in [2.45, 2.75) is 37.8 Å². The maximum absolute atomic E-state index is 12.5. The highest BCUT2D eigenvalue weighted by Crippen LogP contribution is 2.32. The van der Waals surface area contributed by atoms with E-state index in [1.807, 2.05) is 60.7 Å². The van der Waals surface area contributed by atoms with E-state index in [0.717, 1.165) is 11.1 Å². The van der Waals surface area contributed by atoms with Gasteiger partial charge in [-0.25, -0.2) is 0 Å². The van der Waals surface area contributed by atoms with Gasteiger partial charge in [0.2, 0.25) is 0 Å². The Morgan fingerprint density at radius 3 is 2.44 bits per heavy atom. The Bertz CT molecular complexity index is 703. The fraction of sp³-hybridized carbons (Fsp3) is 0.350. The minimum absolute atomic E-state index is 0.00135. The van der Waals surface area contributed by atoms with Gasteiger partial charge in [0.1, 0.15) is 12.2 Å². The fourth-order valence-corrected chi connectivity index (χ4v) is 3.09. The molecule has 0 radical (unpaired) electrons. The minimum atomic E-state index is -0.601. The standard InChI is InChI=1S/C20H20O5/c21-16-11-18(22-12-14-7-3-1-4-8-14)24-17-13-23-20(25-19(16)17)15-9-5-2-6-10-15/h1-10,17-20H,11-13H2/t17-,18+,19+,20+/m1/s1. The molecule has 25 heavy (non-hydrogen) atoms. The highest BCUT2D eigenvalue weighted by Gasteiger charge is 2.44. The number of Topliss-reactive ketones (excluding diaryl/α,β-unsaturated/α-hetero) is 1. The largest absolute Gasteiger partial charge is 0.348 e. The predicted octanol–water partition coefficient (Wildman–Crippen LogP) is 3.00. The van der Waals surface area contributed by atoms with Crippen LogP contribution in [-0.2, 0) is 30.3 Å². The molecule has 0 unspecified atom stereocenters. The monoisotopic (exact) mass is 340 g/mol. The van der Waals surface area contributed by atoms with Gasteiger partial charge in [-0.2, -0.15) is 0 Å². The Hall–Kier alpha value is -2.05. The van der Waals surface area contributed by atoms with Gasteiger partial charge >= 0.3 is 0 Å². The van der Waals surface area contributed by atoms with Crippen molar-refractivity contribution in [3.63, 3.8) is 0 Å². The number of ether oxygens (including phenoxy) is 4. The van der Waals surface area contributed by atoms with Gasteiger partial charge in [0, 0.05) is 5.56 Å². The molecule has 0 aliphatic carbocycles. The Kier molecular flexibility index (Phi) is 4.90. The molecule has 2 fully saturated rings. The van der Waals surface area contributed by atoms with Gasteiger partial charge in [0.15, 0.2) is 18.4 Å². The number of benzene rings is 2. The van der Waals surface area contributed by atoms with Crippen molar-refractivity contribution >= 4 is 5.78 Å². The lowest BCUT2D eigenvalue weighted by molar-refractivity contribution is -0.303. The van der Waals surface area contributed by atoms with Gasteiger partial charge in [0.25, 0.3) is 0 Å². The minimum Gasteiger partial charge on any atom is -0.348 e. The van der Waals surface area contributed by atoms with Gasteiger partial charge < -0.3 is 18.9 Å². The van der Waals surface area contributed by atoms with Crippen LogP contribution in [0.1, 0.15) is 23.8 Å². The second-order valence-corrected chi connectivity index (χ2v) is 6.20. The number of hydrogen-bond donors (Lipinski definition) is 0. The van der Waals surface area contributed by atoms with Crippen molar-refractivity contribution in [2.75, 3.05) is 6.61 Å². The second-order valence-electron chi connectivity index (χ2n) is 6.20. The van der Waals surface area contributed by atoms with Crippen molar-refractivity contribution in [3.8, 4) is 0 Å². The number of ketones is 1. The first-order valence-electron chi connectivity index (χ1n) is 8.45. The first kappa shape index (κ1) is 16.4. The molecule has 0 N–H and O–H groups in total. The molecule has 4 atom stereocenters. The summed E-state index contributed by atoms with van der Waals surface area (Å²) >= 11 is 0. The Morgan fingerprint density at radius 1 is 0.960 bits per heavy atom. The van der Waals surface area contributed by atoms with Crippen LogP contribution in [0.15, 0.2) is 60.7 Å². The van der Waals surface area contributed by atoms with E-state index < -0.39 is 24.8 Å². The van der Waals surface area contributed by atoms with Crippen LogP contribution >= 0.6 is 0 Å². The van der Waals surface area contributed by atoms with Crippen molar-refractivity contribution in [2.24, 2.45) is 0 Å². The Morgan fingerprint density at radius 2 is 1.68 bits per heavy atom. The quantitative estimate of drug-likeness (QED) is 0.856. The average Bonchev–Trinajstić information content (AvgIpc) is 2.68. The Labute approximate surface area is 146 Å². The van der Waals surface area contributed by atoms with Crippen molar-refractivity contribution in [1.29, 1.82) is 0 Å². The molecule has 2 aromatic carbocycles. The van der Waals surface area contributed by atoms with Crippen LogP contribution in [0.3, 0.4) is 0 Å². The van der Waals surface area contributed by atoms with Crippen LogP contribution < -0.4 is 0 Å². The van der Waals surface area contributed by atoms with Gasteiger partial charge in [-0.1, -0.05) is 60.7 Å². The highest BCUT2D eigenvalue weighted by atomic mass is 16.7. The Balaban J connectivity index is 1.36. The van der Waals surface area contributed by atoms with E-state index in [1.165, 1.54) is 0 Å². The van der Waals surface area contributed by atoms with E-state index in [9.17, 15) is 4.79 Å². The number of carbonyl (C=O) groups excluding carboxylic acids is 1. The van der Waals surface area contributed by atoms with E-state index >= 15 is 0 Å². The lowest BCUT2D eigenvalue weighted by Gasteiger charge is -2.40. The summed E-state index contributed by atoms with van der Waals surface area (Å²) in [6, 6.07) is 19.4. The maximum atomic E-state index is 12.5. The molecule has 2 aromatic rings. The van der Waals surface area contributed by atoms with Crippen LogP contribution in [0.5, 0.6) is 0 Å². The summed E-state index contributed by atoms with van der Waals surface area (Å²) in [4.78, 5) is 12.5. The molecule has 2 aliphatic rings. The van der Waals surface area contributed by atoms with Gasteiger partial charge in [-0.05, 0) is 5.56 Å². The SMILES string of the molecule is O=C1C[C@@H](OCc2ccccc2)O[C@@H]2CO[C@H](c3ccccc3)O[C@@H]12. The first-order valence-corrected chi connectivity index (χ1v) is 8.45. The lowest BCUT2D eigenvalue weighted by atomic mass is 10.0. The summed E-state index contributed by atoms with van der Waals surface area (Å²) in [6.07, 6.45) is -1.93. The van der Waals surface area contributed by atoms with E-state index in [2.05, 4.69) is 0 Å². The molecule has 2 aliphatic heterocycles. The van der Waals surface area contributed by atoms with Gasteiger partial charge in [-0.3, -0.25) is 4.79 Å². The zero-order valence-corrected chi connectivity index (χ0v) is 13.7.